The highest BCUT2D eigenvalue weighted by molar-refractivity contribution is 5.75. The normalized spacial score (nSPS) is 11.5. The van der Waals surface area contributed by atoms with E-state index in [2.05, 4.69) is 43.5 Å². The molecule has 32 heavy (non-hydrogen) atoms. The molecule has 0 fully saturated rings. The van der Waals surface area contributed by atoms with E-state index in [0.29, 0.717) is 19.8 Å². The lowest BCUT2D eigenvalue weighted by molar-refractivity contribution is 0.271. The van der Waals surface area contributed by atoms with Gasteiger partial charge in [-0.15, -0.1) is 0 Å². The van der Waals surface area contributed by atoms with E-state index in [-0.39, 0.29) is 5.41 Å². The quantitative estimate of drug-likeness (QED) is 0.344. The van der Waals surface area contributed by atoms with Gasteiger partial charge >= 0.3 is 0 Å². The molecule has 0 aliphatic rings. The average molecular weight is 431 g/mol. The number of hydrogen-bond acceptors (Lipinski definition) is 4. The smallest absolute Gasteiger partial charge is 0.148 e. The van der Waals surface area contributed by atoms with Gasteiger partial charge in [0.1, 0.15) is 36.3 Å². The first-order valence-electron chi connectivity index (χ1n) is 10.9. The Morgan fingerprint density at radius 2 is 1.56 bits per heavy atom. The first-order valence-corrected chi connectivity index (χ1v) is 10.9. The SMILES string of the molecule is COc1cccc(OCCn2c(COc3ccc(C(C)(C)C)cc3)nc3ccccc32)c1. The molecule has 4 rings (SSSR count). The van der Waals surface area contributed by atoms with Crippen molar-refractivity contribution in [2.45, 2.75) is 39.3 Å². The van der Waals surface area contributed by atoms with Gasteiger partial charge in [0.2, 0.25) is 0 Å². The number of methoxy groups -OCH3 is 1. The molecule has 0 bridgehead atoms. The lowest BCUT2D eigenvalue weighted by Crippen LogP contribution is -2.13. The summed E-state index contributed by atoms with van der Waals surface area (Å²) in [4.78, 5) is 4.80. The van der Waals surface area contributed by atoms with Gasteiger partial charge in [0, 0.05) is 6.07 Å². The van der Waals surface area contributed by atoms with Gasteiger partial charge in [-0.2, -0.15) is 0 Å². The molecule has 1 heterocycles. The number of ether oxygens (including phenoxy) is 3. The van der Waals surface area contributed by atoms with Crippen LogP contribution in [0.5, 0.6) is 17.2 Å². The van der Waals surface area contributed by atoms with Crippen molar-refractivity contribution in [1.29, 1.82) is 0 Å². The molecule has 0 amide bonds. The van der Waals surface area contributed by atoms with Crippen LogP contribution in [0.1, 0.15) is 32.2 Å². The molecule has 0 saturated heterocycles. The maximum atomic E-state index is 6.08. The number of fused-ring (bicyclic) bond motifs is 1. The van der Waals surface area contributed by atoms with Crippen molar-refractivity contribution < 1.29 is 14.2 Å². The average Bonchev–Trinajstić information content (AvgIpc) is 3.15. The maximum absolute atomic E-state index is 6.08. The van der Waals surface area contributed by atoms with Crippen LogP contribution in [0.25, 0.3) is 11.0 Å². The number of benzene rings is 3. The summed E-state index contributed by atoms with van der Waals surface area (Å²) in [6, 6.07) is 24.1. The van der Waals surface area contributed by atoms with Crippen LogP contribution in [0.3, 0.4) is 0 Å². The third-order valence-electron chi connectivity index (χ3n) is 5.45. The molecular weight excluding hydrogens is 400 g/mol. The molecule has 4 aromatic rings. The molecule has 0 aliphatic carbocycles. The summed E-state index contributed by atoms with van der Waals surface area (Å²) in [5.41, 5.74) is 3.43. The summed E-state index contributed by atoms with van der Waals surface area (Å²) in [5.74, 6) is 3.28. The molecule has 0 N–H and O–H groups in total. The lowest BCUT2D eigenvalue weighted by atomic mass is 9.87. The fraction of sp³-hybridized carbons (Fsp3) is 0.296. The molecular formula is C27H30N2O3. The molecule has 5 heteroatoms. The van der Waals surface area contributed by atoms with Crippen LogP contribution in [-0.2, 0) is 18.6 Å². The Morgan fingerprint density at radius 1 is 0.812 bits per heavy atom. The fourth-order valence-corrected chi connectivity index (χ4v) is 3.63. The minimum atomic E-state index is 0.120. The molecule has 0 atom stereocenters. The summed E-state index contributed by atoms with van der Waals surface area (Å²) < 4.78 is 19.5. The monoisotopic (exact) mass is 430 g/mol. The van der Waals surface area contributed by atoms with Crippen molar-refractivity contribution in [3.8, 4) is 17.2 Å². The molecule has 0 saturated carbocycles. The molecule has 0 radical (unpaired) electrons. The zero-order chi connectivity index (χ0) is 22.6. The summed E-state index contributed by atoms with van der Waals surface area (Å²) >= 11 is 0. The van der Waals surface area contributed by atoms with Gasteiger partial charge in [0.15, 0.2) is 0 Å². The first kappa shape index (κ1) is 21.8. The third-order valence-corrected chi connectivity index (χ3v) is 5.45. The maximum Gasteiger partial charge on any atom is 0.148 e. The van der Waals surface area contributed by atoms with E-state index in [0.717, 1.165) is 34.1 Å². The number of imidazole rings is 1. The molecule has 3 aromatic carbocycles. The molecule has 0 spiro atoms. The first-order chi connectivity index (χ1) is 15.4. The van der Waals surface area contributed by atoms with Crippen LogP contribution in [0.4, 0.5) is 0 Å². The lowest BCUT2D eigenvalue weighted by Gasteiger charge is -2.19. The van der Waals surface area contributed by atoms with E-state index < -0.39 is 0 Å². The number of aromatic nitrogens is 2. The summed E-state index contributed by atoms with van der Waals surface area (Å²) in [6.07, 6.45) is 0. The van der Waals surface area contributed by atoms with E-state index in [9.17, 15) is 0 Å². The van der Waals surface area contributed by atoms with Gasteiger partial charge in [-0.05, 0) is 47.4 Å². The second-order valence-corrected chi connectivity index (χ2v) is 8.76. The Morgan fingerprint density at radius 3 is 2.31 bits per heavy atom. The van der Waals surface area contributed by atoms with Gasteiger partial charge in [-0.3, -0.25) is 0 Å². The molecule has 1 aromatic heterocycles. The van der Waals surface area contributed by atoms with Gasteiger partial charge in [-0.25, -0.2) is 4.98 Å². The van der Waals surface area contributed by atoms with E-state index >= 15 is 0 Å². The Kier molecular flexibility index (Phi) is 6.35. The highest BCUT2D eigenvalue weighted by Gasteiger charge is 2.14. The highest BCUT2D eigenvalue weighted by Crippen LogP contribution is 2.25. The summed E-state index contributed by atoms with van der Waals surface area (Å²) in [6.45, 7) is 8.19. The van der Waals surface area contributed by atoms with Gasteiger partial charge in [0.25, 0.3) is 0 Å². The van der Waals surface area contributed by atoms with Crippen LogP contribution in [0.2, 0.25) is 0 Å². The van der Waals surface area contributed by atoms with E-state index in [1.54, 1.807) is 7.11 Å². The van der Waals surface area contributed by atoms with Gasteiger partial charge < -0.3 is 18.8 Å². The predicted octanol–water partition coefficient (Wildman–Crippen LogP) is 6.00. The Hall–Kier alpha value is -3.47. The van der Waals surface area contributed by atoms with Crippen molar-refractivity contribution in [2.24, 2.45) is 0 Å². The van der Waals surface area contributed by atoms with Crippen molar-refractivity contribution in [3.05, 3.63) is 84.2 Å². The largest absolute Gasteiger partial charge is 0.497 e. The summed E-state index contributed by atoms with van der Waals surface area (Å²) in [7, 11) is 1.65. The minimum Gasteiger partial charge on any atom is -0.497 e. The minimum absolute atomic E-state index is 0.120. The van der Waals surface area contributed by atoms with Gasteiger partial charge in [0.05, 0.1) is 24.7 Å². The Bertz CT molecular complexity index is 1170. The van der Waals surface area contributed by atoms with E-state index in [1.165, 1.54) is 5.56 Å². The van der Waals surface area contributed by atoms with Crippen LogP contribution in [-0.4, -0.2) is 23.3 Å². The Balaban J connectivity index is 1.47. The van der Waals surface area contributed by atoms with Crippen LogP contribution >= 0.6 is 0 Å². The van der Waals surface area contributed by atoms with Gasteiger partial charge in [-0.1, -0.05) is 51.1 Å². The van der Waals surface area contributed by atoms with Crippen molar-refractivity contribution >= 4 is 11.0 Å². The second kappa shape index (κ2) is 9.35. The Labute approximate surface area is 189 Å². The predicted molar refractivity (Wildman–Crippen MR) is 128 cm³/mol. The highest BCUT2D eigenvalue weighted by atomic mass is 16.5. The molecule has 0 unspecified atom stereocenters. The van der Waals surface area contributed by atoms with Crippen LogP contribution in [0, 0.1) is 0 Å². The zero-order valence-electron chi connectivity index (χ0n) is 19.2. The standard InChI is InChI=1S/C27H30N2O3/c1-27(2,3)20-12-14-21(15-13-20)32-19-26-28-24-10-5-6-11-25(24)29(26)16-17-31-23-9-7-8-22(18-23)30-4/h5-15,18H,16-17,19H2,1-4H3. The number of nitrogens with zero attached hydrogens (tertiary/aromatic N) is 2. The summed E-state index contributed by atoms with van der Waals surface area (Å²) in [5, 5.41) is 0. The number of hydrogen-bond donors (Lipinski definition) is 0. The molecule has 5 nitrogen and oxygen atoms in total. The van der Waals surface area contributed by atoms with Crippen molar-refractivity contribution in [2.75, 3.05) is 13.7 Å². The third kappa shape index (κ3) is 5.05. The molecule has 0 aliphatic heterocycles. The second-order valence-electron chi connectivity index (χ2n) is 8.76. The van der Waals surface area contributed by atoms with E-state index in [1.807, 2.05) is 54.6 Å². The van der Waals surface area contributed by atoms with Crippen molar-refractivity contribution in [1.82, 2.24) is 9.55 Å². The molecule has 166 valence electrons. The number of para-hydroxylation sites is 2. The number of rotatable bonds is 8. The van der Waals surface area contributed by atoms with Crippen molar-refractivity contribution in [3.63, 3.8) is 0 Å². The fourth-order valence-electron chi connectivity index (χ4n) is 3.63. The topological polar surface area (TPSA) is 45.5 Å². The van der Waals surface area contributed by atoms with Crippen LogP contribution in [0.15, 0.2) is 72.8 Å². The van der Waals surface area contributed by atoms with E-state index in [4.69, 9.17) is 19.2 Å². The zero-order valence-corrected chi connectivity index (χ0v) is 19.2. The van der Waals surface area contributed by atoms with Crippen LogP contribution < -0.4 is 14.2 Å².